The third kappa shape index (κ3) is 2.11. The van der Waals surface area contributed by atoms with Crippen LogP contribution in [0.5, 0.6) is 0 Å². The zero-order valence-corrected chi connectivity index (χ0v) is 10.9. The number of hydrogen-bond acceptors (Lipinski definition) is 2. The Hall–Kier alpha value is -2.19. The van der Waals surface area contributed by atoms with Gasteiger partial charge in [-0.05, 0) is 35.1 Å². The Bertz CT molecular complexity index is 727. The maximum Gasteiger partial charge on any atom is 0.0352 e. The SMILES string of the molecule is Cc1ccc(CN)c(-c2cccc3ccncc23)c1. The number of aromatic nitrogens is 1. The van der Waals surface area contributed by atoms with Gasteiger partial charge < -0.3 is 5.73 Å². The third-order valence-electron chi connectivity index (χ3n) is 3.46. The molecule has 0 spiro atoms. The van der Waals surface area contributed by atoms with E-state index in [1.807, 2.05) is 18.5 Å². The molecule has 2 heteroatoms. The summed E-state index contributed by atoms with van der Waals surface area (Å²) in [5.41, 5.74) is 10.7. The molecule has 0 aliphatic rings. The number of rotatable bonds is 2. The van der Waals surface area contributed by atoms with Gasteiger partial charge in [-0.25, -0.2) is 0 Å². The highest BCUT2D eigenvalue weighted by Gasteiger charge is 2.08. The Morgan fingerprint density at radius 1 is 1.05 bits per heavy atom. The lowest BCUT2D eigenvalue weighted by atomic mass is 9.94. The maximum absolute atomic E-state index is 5.87. The smallest absolute Gasteiger partial charge is 0.0352 e. The fourth-order valence-corrected chi connectivity index (χ4v) is 2.47. The molecule has 2 nitrogen and oxygen atoms in total. The molecule has 0 fully saturated rings. The van der Waals surface area contributed by atoms with Gasteiger partial charge >= 0.3 is 0 Å². The highest BCUT2D eigenvalue weighted by atomic mass is 14.6. The second-order valence-electron chi connectivity index (χ2n) is 4.77. The van der Waals surface area contributed by atoms with Crippen molar-refractivity contribution in [1.82, 2.24) is 4.98 Å². The quantitative estimate of drug-likeness (QED) is 0.751. The normalized spacial score (nSPS) is 10.8. The Balaban J connectivity index is 2.33. The molecule has 0 aliphatic heterocycles. The van der Waals surface area contributed by atoms with Gasteiger partial charge in [0.05, 0.1) is 0 Å². The predicted molar refractivity (Wildman–Crippen MR) is 79.8 cm³/mol. The number of nitrogens with zero attached hydrogens (tertiary/aromatic N) is 1. The van der Waals surface area contributed by atoms with Gasteiger partial charge in [0.1, 0.15) is 0 Å². The van der Waals surface area contributed by atoms with Crippen molar-refractivity contribution in [2.45, 2.75) is 13.5 Å². The molecule has 0 atom stereocenters. The van der Waals surface area contributed by atoms with Crippen molar-refractivity contribution < 1.29 is 0 Å². The van der Waals surface area contributed by atoms with Gasteiger partial charge in [0.15, 0.2) is 0 Å². The van der Waals surface area contributed by atoms with E-state index in [2.05, 4.69) is 48.3 Å². The number of aryl methyl sites for hydroxylation is 1. The summed E-state index contributed by atoms with van der Waals surface area (Å²) < 4.78 is 0. The van der Waals surface area contributed by atoms with E-state index in [4.69, 9.17) is 5.73 Å². The van der Waals surface area contributed by atoms with Crippen molar-refractivity contribution in [3.05, 3.63) is 66.0 Å². The van der Waals surface area contributed by atoms with E-state index < -0.39 is 0 Å². The van der Waals surface area contributed by atoms with Crippen LogP contribution >= 0.6 is 0 Å². The van der Waals surface area contributed by atoms with Crippen LogP contribution in [0.2, 0.25) is 0 Å². The van der Waals surface area contributed by atoms with Crippen LogP contribution in [-0.4, -0.2) is 4.98 Å². The molecule has 94 valence electrons. The van der Waals surface area contributed by atoms with Crippen LogP contribution in [-0.2, 0) is 6.54 Å². The van der Waals surface area contributed by atoms with E-state index >= 15 is 0 Å². The first-order valence-electron chi connectivity index (χ1n) is 6.42. The molecule has 0 unspecified atom stereocenters. The first-order chi connectivity index (χ1) is 9.29. The van der Waals surface area contributed by atoms with E-state index in [9.17, 15) is 0 Å². The lowest BCUT2D eigenvalue weighted by Gasteiger charge is -2.12. The Morgan fingerprint density at radius 2 is 1.95 bits per heavy atom. The topological polar surface area (TPSA) is 38.9 Å². The summed E-state index contributed by atoms with van der Waals surface area (Å²) in [6.45, 7) is 2.65. The second-order valence-corrected chi connectivity index (χ2v) is 4.77. The molecule has 1 heterocycles. The van der Waals surface area contributed by atoms with E-state index in [0.717, 1.165) is 0 Å². The second kappa shape index (κ2) is 4.82. The molecule has 3 aromatic rings. The van der Waals surface area contributed by atoms with Crippen LogP contribution < -0.4 is 5.73 Å². The van der Waals surface area contributed by atoms with Crippen molar-refractivity contribution in [3.63, 3.8) is 0 Å². The summed E-state index contributed by atoms with van der Waals surface area (Å²) in [7, 11) is 0. The zero-order valence-electron chi connectivity index (χ0n) is 10.9. The molecular weight excluding hydrogens is 232 g/mol. The van der Waals surface area contributed by atoms with Crippen molar-refractivity contribution in [2.75, 3.05) is 0 Å². The Labute approximate surface area is 112 Å². The highest BCUT2D eigenvalue weighted by Crippen LogP contribution is 2.31. The standard InChI is InChI=1S/C17H16N2/c1-12-5-6-14(10-18)16(9-12)15-4-2-3-13-7-8-19-11-17(13)15/h2-9,11H,10,18H2,1H3. The first-order valence-corrected chi connectivity index (χ1v) is 6.42. The lowest BCUT2D eigenvalue weighted by Crippen LogP contribution is -1.99. The van der Waals surface area contributed by atoms with E-state index in [-0.39, 0.29) is 0 Å². The largest absolute Gasteiger partial charge is 0.326 e. The minimum absolute atomic E-state index is 0.548. The average molecular weight is 248 g/mol. The monoisotopic (exact) mass is 248 g/mol. The lowest BCUT2D eigenvalue weighted by molar-refractivity contribution is 1.07. The minimum atomic E-state index is 0.548. The number of benzene rings is 2. The number of nitrogens with two attached hydrogens (primary N) is 1. The van der Waals surface area contributed by atoms with Crippen molar-refractivity contribution in [3.8, 4) is 11.1 Å². The molecular formula is C17H16N2. The number of fused-ring (bicyclic) bond motifs is 1. The summed E-state index contributed by atoms with van der Waals surface area (Å²) in [6, 6.07) is 14.8. The summed E-state index contributed by atoms with van der Waals surface area (Å²) in [6.07, 6.45) is 3.75. The molecule has 0 radical (unpaired) electrons. The molecule has 2 aromatic carbocycles. The summed E-state index contributed by atoms with van der Waals surface area (Å²) in [5, 5.41) is 2.38. The molecule has 19 heavy (non-hydrogen) atoms. The van der Waals surface area contributed by atoms with Crippen molar-refractivity contribution in [2.24, 2.45) is 5.73 Å². The van der Waals surface area contributed by atoms with Gasteiger partial charge in [0.2, 0.25) is 0 Å². The Kier molecular flexibility index (Phi) is 3.02. The van der Waals surface area contributed by atoms with Crippen LogP contribution in [0.4, 0.5) is 0 Å². The van der Waals surface area contributed by atoms with Crippen LogP contribution in [0.25, 0.3) is 21.9 Å². The van der Waals surface area contributed by atoms with Crippen LogP contribution in [0.3, 0.4) is 0 Å². The Morgan fingerprint density at radius 3 is 2.79 bits per heavy atom. The molecule has 0 bridgehead atoms. The predicted octanol–water partition coefficient (Wildman–Crippen LogP) is 3.67. The number of hydrogen-bond donors (Lipinski definition) is 1. The van der Waals surface area contributed by atoms with Crippen molar-refractivity contribution in [1.29, 1.82) is 0 Å². The van der Waals surface area contributed by atoms with E-state index in [1.54, 1.807) is 0 Å². The summed E-state index contributed by atoms with van der Waals surface area (Å²) in [5.74, 6) is 0. The minimum Gasteiger partial charge on any atom is -0.326 e. The third-order valence-corrected chi connectivity index (χ3v) is 3.46. The summed E-state index contributed by atoms with van der Waals surface area (Å²) in [4.78, 5) is 4.25. The highest BCUT2D eigenvalue weighted by molar-refractivity contribution is 5.96. The van der Waals surface area contributed by atoms with Gasteiger partial charge in [-0.15, -0.1) is 0 Å². The van der Waals surface area contributed by atoms with Crippen molar-refractivity contribution >= 4 is 10.8 Å². The molecule has 2 N–H and O–H groups in total. The first kappa shape index (κ1) is 11.9. The molecule has 0 saturated carbocycles. The summed E-state index contributed by atoms with van der Waals surface area (Å²) >= 11 is 0. The van der Waals surface area contributed by atoms with E-state index in [0.29, 0.717) is 6.54 Å². The van der Waals surface area contributed by atoms with Crippen LogP contribution in [0.1, 0.15) is 11.1 Å². The van der Waals surface area contributed by atoms with Gasteiger partial charge in [0.25, 0.3) is 0 Å². The van der Waals surface area contributed by atoms with Crippen LogP contribution in [0, 0.1) is 6.92 Å². The fraction of sp³-hybridized carbons (Fsp3) is 0.118. The number of pyridine rings is 1. The molecule has 1 aromatic heterocycles. The van der Waals surface area contributed by atoms with E-state index in [1.165, 1.54) is 33.0 Å². The average Bonchev–Trinajstić information content (AvgIpc) is 2.46. The molecule has 0 saturated heterocycles. The van der Waals surface area contributed by atoms with Crippen LogP contribution in [0.15, 0.2) is 54.9 Å². The van der Waals surface area contributed by atoms with Gasteiger partial charge in [0, 0.05) is 24.3 Å². The molecule has 0 aliphatic carbocycles. The molecule has 3 rings (SSSR count). The molecule has 0 amide bonds. The van der Waals surface area contributed by atoms with Gasteiger partial charge in [-0.3, -0.25) is 4.98 Å². The van der Waals surface area contributed by atoms with Gasteiger partial charge in [-0.2, -0.15) is 0 Å². The maximum atomic E-state index is 5.87. The fourth-order valence-electron chi connectivity index (χ4n) is 2.47. The zero-order chi connectivity index (χ0) is 13.2. The van der Waals surface area contributed by atoms with Gasteiger partial charge in [-0.1, -0.05) is 42.0 Å².